The molecule has 0 aliphatic carbocycles. The predicted octanol–water partition coefficient (Wildman–Crippen LogP) is 10.5. The lowest BCUT2D eigenvalue weighted by Crippen LogP contribution is -2.11. The van der Waals surface area contributed by atoms with E-state index in [1.54, 1.807) is 6.07 Å². The van der Waals surface area contributed by atoms with Crippen molar-refractivity contribution in [2.75, 3.05) is 0 Å². The number of hydrogen-bond acceptors (Lipinski definition) is 5. The van der Waals surface area contributed by atoms with Crippen molar-refractivity contribution in [3.63, 3.8) is 0 Å². The van der Waals surface area contributed by atoms with Crippen LogP contribution in [0.4, 0.5) is 0 Å². The Balaban J connectivity index is 1.16. The molecule has 0 saturated heterocycles. The number of carboxylic acids is 1. The number of carbonyl (C=O) groups is 1. The Labute approximate surface area is 299 Å². The monoisotopic (exact) mass is 696 g/mol. The van der Waals surface area contributed by atoms with Crippen LogP contribution in [0, 0.1) is 0 Å². The maximum Gasteiger partial charge on any atom is 0.339 e. The van der Waals surface area contributed by atoms with Gasteiger partial charge >= 0.3 is 5.97 Å². The van der Waals surface area contributed by atoms with Gasteiger partial charge in [0.15, 0.2) is 0 Å². The van der Waals surface area contributed by atoms with E-state index in [1.807, 2.05) is 96.8 Å². The molecule has 2 aromatic heterocycles. The van der Waals surface area contributed by atoms with E-state index in [9.17, 15) is 9.90 Å². The quantitative estimate of drug-likeness (QED) is 0.153. The molecule has 1 aliphatic rings. The highest BCUT2D eigenvalue weighted by Crippen LogP contribution is 2.47. The molecule has 0 bridgehead atoms. The average molecular weight is 697 g/mol. The molecule has 1 N–H and O–H groups in total. The van der Waals surface area contributed by atoms with Crippen molar-refractivity contribution < 1.29 is 19.4 Å². The van der Waals surface area contributed by atoms with Gasteiger partial charge in [-0.05, 0) is 70.8 Å². The van der Waals surface area contributed by atoms with Crippen molar-refractivity contribution in [2.24, 2.45) is 0 Å². The van der Waals surface area contributed by atoms with Gasteiger partial charge in [0.05, 0.1) is 16.9 Å². The summed E-state index contributed by atoms with van der Waals surface area (Å²) in [4.78, 5) is 18.2. The van der Waals surface area contributed by atoms with Gasteiger partial charge in [-0.25, -0.2) is 4.79 Å². The fraction of sp³-hybridized carbons (Fsp3) is 0.143. The van der Waals surface area contributed by atoms with E-state index in [2.05, 4.69) is 41.8 Å². The van der Waals surface area contributed by atoms with Gasteiger partial charge in [-0.15, -0.1) is 11.8 Å². The molecule has 3 heterocycles. The topological polar surface area (TPSA) is 73.6 Å². The number of hydrogen-bond donors (Lipinski definition) is 1. The summed E-state index contributed by atoms with van der Waals surface area (Å²) in [6.07, 6.45) is 2.75. The number of carboxylic acid groups (broad SMARTS) is 1. The maximum absolute atomic E-state index is 12.3. The molecular formula is C42H33ClN2O4S. The minimum Gasteiger partial charge on any atom is -0.487 e. The largest absolute Gasteiger partial charge is 0.487 e. The first-order valence-electron chi connectivity index (χ1n) is 16.5. The summed E-state index contributed by atoms with van der Waals surface area (Å²) in [6.45, 7) is 3.38. The van der Waals surface area contributed by atoms with Crippen molar-refractivity contribution in [1.29, 1.82) is 0 Å². The fourth-order valence-electron chi connectivity index (χ4n) is 6.71. The lowest BCUT2D eigenvalue weighted by molar-refractivity contribution is 0.0691. The van der Waals surface area contributed by atoms with E-state index in [0.717, 1.165) is 72.4 Å². The van der Waals surface area contributed by atoms with Crippen LogP contribution in [0.5, 0.6) is 11.5 Å². The second-order valence-corrected chi connectivity index (χ2v) is 14.4. The van der Waals surface area contributed by atoms with Crippen molar-refractivity contribution in [2.45, 2.75) is 43.2 Å². The lowest BCUT2D eigenvalue weighted by atomic mass is 10.0. The van der Waals surface area contributed by atoms with Gasteiger partial charge in [0.25, 0.3) is 0 Å². The number of aromatic nitrogens is 2. The molecule has 1 aliphatic heterocycles. The van der Waals surface area contributed by atoms with Crippen LogP contribution in [0.1, 0.15) is 39.8 Å². The van der Waals surface area contributed by atoms with Gasteiger partial charge in [-0.3, -0.25) is 4.98 Å². The number of fused-ring (bicyclic) bond motifs is 1. The molecule has 7 aromatic rings. The lowest BCUT2D eigenvalue weighted by Gasteiger charge is -2.22. The SMILES string of the molecule is CC1Cc2c(OCc3ccc(-c4ccccc4)cn3)ccc3c2c(c(COc2cc4ccccc4cc2C(=O)O)n3Cc2ccc(Cl)cc2)S1. The molecule has 1 unspecified atom stereocenters. The number of rotatable bonds is 10. The Morgan fingerprint density at radius 3 is 2.34 bits per heavy atom. The zero-order chi connectivity index (χ0) is 34.2. The first-order valence-corrected chi connectivity index (χ1v) is 17.8. The summed E-state index contributed by atoms with van der Waals surface area (Å²) in [5.41, 5.74) is 7.53. The summed E-state index contributed by atoms with van der Waals surface area (Å²) in [7, 11) is 0. The smallest absolute Gasteiger partial charge is 0.339 e. The number of ether oxygens (including phenoxy) is 2. The van der Waals surface area contributed by atoms with Crippen molar-refractivity contribution in [3.8, 4) is 22.6 Å². The highest BCUT2D eigenvalue weighted by atomic mass is 35.5. The van der Waals surface area contributed by atoms with Crippen LogP contribution in [0.15, 0.2) is 126 Å². The van der Waals surface area contributed by atoms with Crippen molar-refractivity contribution in [1.82, 2.24) is 9.55 Å². The molecule has 0 saturated carbocycles. The summed E-state index contributed by atoms with van der Waals surface area (Å²) in [5.74, 6) is 0.166. The first-order chi connectivity index (χ1) is 24.4. The molecule has 248 valence electrons. The summed E-state index contributed by atoms with van der Waals surface area (Å²) in [6, 6.07) is 37.6. The third-order valence-corrected chi connectivity index (χ3v) is 10.7. The molecule has 8 rings (SSSR count). The van der Waals surface area contributed by atoms with Crippen LogP contribution in [0.2, 0.25) is 5.02 Å². The molecule has 0 spiro atoms. The number of thioether (sulfide) groups is 1. The van der Waals surface area contributed by atoms with E-state index in [4.69, 9.17) is 26.1 Å². The predicted molar refractivity (Wildman–Crippen MR) is 201 cm³/mol. The Bertz CT molecular complexity index is 2360. The molecule has 0 fully saturated rings. The molecule has 50 heavy (non-hydrogen) atoms. The first kappa shape index (κ1) is 32.0. The van der Waals surface area contributed by atoms with E-state index in [0.29, 0.717) is 29.2 Å². The Morgan fingerprint density at radius 2 is 1.60 bits per heavy atom. The van der Waals surface area contributed by atoms with Gasteiger partial charge < -0.3 is 19.1 Å². The molecule has 6 nitrogen and oxygen atoms in total. The number of aromatic carboxylic acids is 1. The Kier molecular flexibility index (Phi) is 8.69. The van der Waals surface area contributed by atoms with Gasteiger partial charge in [-0.2, -0.15) is 0 Å². The zero-order valence-electron chi connectivity index (χ0n) is 27.3. The number of halogens is 1. The van der Waals surface area contributed by atoms with Crippen LogP contribution in [0.25, 0.3) is 32.8 Å². The summed E-state index contributed by atoms with van der Waals surface area (Å²) in [5, 5.41) is 14.0. The number of benzene rings is 5. The second kappa shape index (κ2) is 13.6. The molecule has 5 aromatic carbocycles. The molecule has 0 radical (unpaired) electrons. The fourth-order valence-corrected chi connectivity index (χ4v) is 8.14. The van der Waals surface area contributed by atoms with Crippen molar-refractivity contribution in [3.05, 3.63) is 155 Å². The maximum atomic E-state index is 12.3. The number of pyridine rings is 1. The van der Waals surface area contributed by atoms with E-state index < -0.39 is 5.97 Å². The van der Waals surface area contributed by atoms with Gasteiger partial charge in [0, 0.05) is 44.4 Å². The molecule has 1 atom stereocenters. The highest BCUT2D eigenvalue weighted by Gasteiger charge is 2.29. The third-order valence-electron chi connectivity index (χ3n) is 9.17. The van der Waals surface area contributed by atoms with Crippen molar-refractivity contribution >= 4 is 51.0 Å². The molecule has 0 amide bonds. The van der Waals surface area contributed by atoms with Crippen LogP contribution in [-0.2, 0) is 26.2 Å². The van der Waals surface area contributed by atoms with E-state index in [1.165, 1.54) is 0 Å². The van der Waals surface area contributed by atoms with Gasteiger partial charge in [0.1, 0.15) is 30.3 Å². The highest BCUT2D eigenvalue weighted by molar-refractivity contribution is 8.00. The van der Waals surface area contributed by atoms with E-state index >= 15 is 0 Å². The zero-order valence-corrected chi connectivity index (χ0v) is 28.9. The standard InChI is InChI=1S/C42H33ClN2O4S/c1-26-19-34-38(48-24-33-16-13-31(22-44-33)28-7-3-2-4-8-28)18-17-36-40(34)41(50-26)37(45(36)23-27-11-14-32(43)15-12-27)25-49-39-21-30-10-6-5-9-29(30)20-35(39)42(46)47/h2-18,20-22,26H,19,23-25H2,1H3,(H,46,47). The molecule has 8 heteroatoms. The molecular weight excluding hydrogens is 664 g/mol. The average Bonchev–Trinajstić information content (AvgIpc) is 3.43. The van der Waals surface area contributed by atoms with Crippen LogP contribution < -0.4 is 9.47 Å². The van der Waals surface area contributed by atoms with Gasteiger partial charge in [-0.1, -0.05) is 91.3 Å². The van der Waals surface area contributed by atoms with E-state index in [-0.39, 0.29) is 12.2 Å². The Morgan fingerprint density at radius 1 is 0.860 bits per heavy atom. The van der Waals surface area contributed by atoms with Crippen LogP contribution in [0.3, 0.4) is 0 Å². The van der Waals surface area contributed by atoms with Crippen LogP contribution in [-0.4, -0.2) is 25.9 Å². The normalized spacial score (nSPS) is 13.8. The summed E-state index contributed by atoms with van der Waals surface area (Å²) < 4.78 is 15.3. The number of nitrogens with zero attached hydrogens (tertiary/aromatic N) is 2. The van der Waals surface area contributed by atoms with Gasteiger partial charge in [0.2, 0.25) is 0 Å². The summed E-state index contributed by atoms with van der Waals surface area (Å²) >= 11 is 8.07. The second-order valence-electron chi connectivity index (χ2n) is 12.5. The van der Waals surface area contributed by atoms with Crippen LogP contribution >= 0.6 is 23.4 Å². The minimum absolute atomic E-state index is 0.139. The third kappa shape index (κ3) is 6.30. The minimum atomic E-state index is -1.02. The Hall–Kier alpha value is -5.24.